The number of hydrogen-bond acceptors (Lipinski definition) is 12. The van der Waals surface area contributed by atoms with Crippen LogP contribution in [-0.2, 0) is 77.4 Å². The molecule has 0 N–H and O–H groups in total. The van der Waals surface area contributed by atoms with Crippen molar-refractivity contribution < 1.29 is 74.0 Å². The molecule has 0 spiro atoms. The predicted octanol–water partition coefficient (Wildman–Crippen LogP) is 12.8. The summed E-state index contributed by atoms with van der Waals surface area (Å²) in [5.41, 5.74) is -0.380. The average Bonchev–Trinajstić information content (AvgIpc) is 4.07. The monoisotopic (exact) mass is 1160 g/mol. The molecule has 6 rings (SSSR count). The normalized spacial score (nSPS) is 21.2. The van der Waals surface area contributed by atoms with E-state index in [1.54, 1.807) is 11.3 Å². The molecule has 454 valence electrons. The van der Waals surface area contributed by atoms with E-state index >= 15 is 0 Å². The van der Waals surface area contributed by atoms with E-state index in [4.69, 9.17) is 47.4 Å². The largest absolute Gasteiger partial charge is 3.00 e. The summed E-state index contributed by atoms with van der Waals surface area (Å²) in [6.07, 6.45) is 10.9. The Balaban J connectivity index is 0.000000799. The van der Waals surface area contributed by atoms with Crippen LogP contribution in [0.1, 0.15) is 188 Å². The fraction of sp³-hybridized carbons (Fsp3) is 0.758. The summed E-state index contributed by atoms with van der Waals surface area (Å²) in [5.74, 6) is 2.66. The summed E-state index contributed by atoms with van der Waals surface area (Å²) in [7, 11) is 0. The number of hydrogen-bond donors (Lipinski definition) is 0. The first-order chi connectivity index (χ1) is 36.6. The van der Waals surface area contributed by atoms with Crippen LogP contribution in [0.4, 0.5) is 0 Å². The molecule has 1 amide bonds. The van der Waals surface area contributed by atoms with Gasteiger partial charge in [-0.1, -0.05) is 63.6 Å². The molecule has 0 aliphatic carbocycles. The van der Waals surface area contributed by atoms with E-state index in [-0.39, 0.29) is 75.5 Å². The first kappa shape index (κ1) is 69.7. The number of epoxide rings is 4. The number of amides is 1. The number of nitrogens with zero attached hydrogens (tertiary/aromatic N) is 1. The van der Waals surface area contributed by atoms with Crippen LogP contribution in [0.2, 0.25) is 0 Å². The summed E-state index contributed by atoms with van der Waals surface area (Å²) in [6, 6.07) is 14.8. The van der Waals surface area contributed by atoms with Gasteiger partial charge in [-0.05, 0) is 140 Å². The molecule has 13 nitrogen and oxygen atoms in total. The van der Waals surface area contributed by atoms with Crippen LogP contribution < -0.4 is 9.47 Å². The quantitative estimate of drug-likeness (QED) is 0.0364. The molecule has 4 saturated heterocycles. The second-order valence-electron chi connectivity index (χ2n) is 28.3. The van der Waals surface area contributed by atoms with Gasteiger partial charge in [-0.3, -0.25) is 6.42 Å². The van der Waals surface area contributed by atoms with Crippen molar-refractivity contribution in [2.45, 2.75) is 273 Å². The van der Waals surface area contributed by atoms with Crippen LogP contribution in [0, 0.1) is 23.2 Å². The first-order valence-corrected chi connectivity index (χ1v) is 29.5. The number of ether oxygens (including phenoxy) is 10. The Morgan fingerprint density at radius 1 is 0.637 bits per heavy atom. The van der Waals surface area contributed by atoms with Crippen molar-refractivity contribution in [3.05, 3.63) is 72.0 Å². The maximum atomic E-state index is 14.5. The maximum Gasteiger partial charge on any atom is 3.00 e. The number of rotatable bonds is 36. The third-order valence-electron chi connectivity index (χ3n) is 15.3. The van der Waals surface area contributed by atoms with E-state index in [2.05, 4.69) is 124 Å². The molecular weight excluding hydrogens is 1050 g/mol. The van der Waals surface area contributed by atoms with Crippen LogP contribution >= 0.6 is 0 Å². The van der Waals surface area contributed by atoms with Gasteiger partial charge in [0, 0.05) is 48.2 Å². The second kappa shape index (κ2) is 29.4. The SMILES string of the molecule is CC(CC(C)(C)Oc1ccc(C[CH-]C(=O)N(C([C-]=O)Cc2ccc(OCC(C)(C)C(C)OCC(C)(C)C3CO3)cc2)C(C)(C)CC(C)OC(C)(C)CC2CO2)cc1)OC(C)(C)CC1CO1.C[C-](C)CC(C)OC(C)(C)CC1CO1.[Mn+3]. The zero-order valence-corrected chi connectivity index (χ0v) is 54.2. The Morgan fingerprint density at radius 2 is 1.09 bits per heavy atom. The molecule has 9 unspecified atom stereocenters. The molecule has 4 fully saturated rings. The Hall–Kier alpha value is -2.75. The maximum absolute atomic E-state index is 14.5. The zero-order valence-electron chi connectivity index (χ0n) is 53.0. The predicted molar refractivity (Wildman–Crippen MR) is 313 cm³/mol. The van der Waals surface area contributed by atoms with Gasteiger partial charge in [0.25, 0.3) is 0 Å². The summed E-state index contributed by atoms with van der Waals surface area (Å²) in [5, 5.41) is 0. The van der Waals surface area contributed by atoms with E-state index < -0.39 is 22.8 Å². The van der Waals surface area contributed by atoms with Gasteiger partial charge in [-0.25, -0.2) is 6.29 Å². The Morgan fingerprint density at radius 3 is 1.54 bits per heavy atom. The van der Waals surface area contributed by atoms with Crippen molar-refractivity contribution in [3.8, 4) is 11.5 Å². The van der Waals surface area contributed by atoms with Crippen molar-refractivity contribution >= 4 is 12.2 Å². The molecule has 0 bridgehead atoms. The molecule has 0 aromatic heterocycles. The molecule has 0 radical (unpaired) electrons. The molecule has 14 heteroatoms. The van der Waals surface area contributed by atoms with Gasteiger partial charge >= 0.3 is 17.1 Å². The van der Waals surface area contributed by atoms with E-state index in [9.17, 15) is 9.59 Å². The van der Waals surface area contributed by atoms with Crippen LogP contribution in [0.3, 0.4) is 0 Å². The Kier molecular flexibility index (Phi) is 25.6. The van der Waals surface area contributed by atoms with Gasteiger partial charge < -0.3 is 67.8 Å². The van der Waals surface area contributed by atoms with Crippen LogP contribution in [-0.4, -0.2) is 140 Å². The van der Waals surface area contributed by atoms with E-state index in [1.807, 2.05) is 69.3 Å². The average molecular weight is 1160 g/mol. The van der Waals surface area contributed by atoms with Crippen molar-refractivity contribution in [3.63, 3.8) is 0 Å². The fourth-order valence-electron chi connectivity index (χ4n) is 11.1. The molecule has 2 aromatic carbocycles. The fourth-order valence-corrected chi connectivity index (χ4v) is 11.1. The molecule has 4 aliphatic heterocycles. The standard InChI is InChI=1S/C54H83NO10.C12H23O2.Mn/c1-37(63-53(12,13)29-45-32-58-45)27-51(8,9)55(42(31-56)26-41-18-21-43(22-19-41)62-35-49(4,5)39(3)61-36-50(6,7)47-34-60-47)48(57)25-20-40-16-23-44(24-17-40)65-52(10,11)28-38(2)64-54(14,15)30-46-33-59-46;1-9(2)6-10(3)14-12(4,5)7-11-8-13-11;/h16-19,21-25,37-39,42,45-47H,20,26-30,32-36H2,1-15H3;10-11H,6-8H2,1-5H3;/q-2;-1;+3. The summed E-state index contributed by atoms with van der Waals surface area (Å²) in [4.78, 5) is 29.2. The van der Waals surface area contributed by atoms with E-state index in [1.165, 1.54) is 5.92 Å². The van der Waals surface area contributed by atoms with E-state index in [0.717, 1.165) is 74.7 Å². The molecular formula is C66H106MnNO12. The third-order valence-corrected chi connectivity index (χ3v) is 15.3. The smallest absolute Gasteiger partial charge is 0.540 e. The van der Waals surface area contributed by atoms with E-state index in [0.29, 0.717) is 57.2 Å². The summed E-state index contributed by atoms with van der Waals surface area (Å²) < 4.78 is 59.6. The van der Waals surface area contributed by atoms with Crippen molar-refractivity contribution in [1.29, 1.82) is 0 Å². The van der Waals surface area contributed by atoms with Gasteiger partial charge in [0.1, 0.15) is 17.1 Å². The van der Waals surface area contributed by atoms with Gasteiger partial charge in [0.05, 0.1) is 105 Å². The Labute approximate surface area is 495 Å². The van der Waals surface area contributed by atoms with Gasteiger partial charge in [0.15, 0.2) is 0 Å². The minimum atomic E-state index is -0.847. The molecule has 0 saturated carbocycles. The van der Waals surface area contributed by atoms with Gasteiger partial charge in [0.2, 0.25) is 0 Å². The number of carbonyl (C=O) groups is 1. The Bertz CT molecular complexity index is 2160. The molecule has 2 aromatic rings. The molecule has 4 heterocycles. The third kappa shape index (κ3) is 25.6. The minimum Gasteiger partial charge on any atom is -0.540 e. The van der Waals surface area contributed by atoms with Crippen LogP contribution in [0.25, 0.3) is 0 Å². The van der Waals surface area contributed by atoms with Crippen molar-refractivity contribution in [2.75, 3.05) is 39.6 Å². The first-order valence-electron chi connectivity index (χ1n) is 29.5. The molecule has 4 aliphatic rings. The zero-order chi connectivity index (χ0) is 58.8. The van der Waals surface area contributed by atoms with Crippen LogP contribution in [0.5, 0.6) is 11.5 Å². The summed E-state index contributed by atoms with van der Waals surface area (Å²) >= 11 is 0. The van der Waals surface area contributed by atoms with Crippen LogP contribution in [0.15, 0.2) is 48.5 Å². The number of benzene rings is 2. The summed E-state index contributed by atoms with van der Waals surface area (Å²) in [6.45, 7) is 46.5. The topological polar surface area (TPSA) is 143 Å². The molecule has 9 atom stereocenters. The number of carbonyl (C=O) groups excluding carboxylic acids is 2. The van der Waals surface area contributed by atoms with Crippen molar-refractivity contribution in [2.24, 2.45) is 10.8 Å². The second-order valence-corrected chi connectivity index (χ2v) is 28.3. The van der Waals surface area contributed by atoms with Gasteiger partial charge in [-0.2, -0.15) is 20.3 Å². The minimum absolute atomic E-state index is 0. The van der Waals surface area contributed by atoms with Crippen molar-refractivity contribution in [1.82, 2.24) is 4.90 Å². The van der Waals surface area contributed by atoms with Gasteiger partial charge in [-0.15, -0.1) is 6.42 Å². The molecule has 80 heavy (non-hydrogen) atoms.